The summed E-state index contributed by atoms with van der Waals surface area (Å²) in [6, 6.07) is 12.7. The summed E-state index contributed by atoms with van der Waals surface area (Å²) in [7, 11) is 0. The minimum absolute atomic E-state index is 0.0428. The van der Waals surface area contributed by atoms with E-state index in [1.165, 1.54) is 18.2 Å². The lowest BCUT2D eigenvalue weighted by Crippen LogP contribution is -2.13. The molecule has 0 bridgehead atoms. The fourth-order valence-corrected chi connectivity index (χ4v) is 2.35. The number of anilines is 1. The fourth-order valence-electron chi connectivity index (χ4n) is 2.17. The first-order valence-electron chi connectivity index (χ1n) is 8.40. The molecule has 0 radical (unpaired) electrons. The van der Waals surface area contributed by atoms with E-state index in [0.717, 1.165) is 6.07 Å². The van der Waals surface area contributed by atoms with Gasteiger partial charge in [-0.1, -0.05) is 37.6 Å². The molecule has 0 aliphatic rings. The Morgan fingerprint density at radius 2 is 2.00 bits per heavy atom. The van der Waals surface area contributed by atoms with Gasteiger partial charge in [0.1, 0.15) is 22.4 Å². The maximum absolute atomic E-state index is 12.3. The highest BCUT2D eigenvalue weighted by atomic mass is 35.5. The summed E-state index contributed by atoms with van der Waals surface area (Å²) in [5.74, 6) is 0.415. The standard InChI is InChI=1S/C20H18ClN3O4/c1-13(2)12-28-17-6-3-14(4-7-17)9-15(11-22)20(25)23-16-5-8-18(21)19(10-16)24(26)27/h3-10,13H,12H2,1-2H3,(H,23,25)/b15-9+. The van der Waals surface area contributed by atoms with Gasteiger partial charge in [-0.05, 0) is 41.8 Å². The highest BCUT2D eigenvalue weighted by Gasteiger charge is 2.15. The number of hydrogen-bond acceptors (Lipinski definition) is 5. The molecule has 1 N–H and O–H groups in total. The van der Waals surface area contributed by atoms with Crippen LogP contribution in [0.25, 0.3) is 6.08 Å². The minimum Gasteiger partial charge on any atom is -0.493 e. The second kappa shape index (κ2) is 9.53. The number of benzene rings is 2. The van der Waals surface area contributed by atoms with Gasteiger partial charge >= 0.3 is 0 Å². The SMILES string of the molecule is CC(C)COc1ccc(/C=C(\C#N)C(=O)Nc2ccc(Cl)c([N+](=O)[O-])c2)cc1. The van der Waals surface area contributed by atoms with Gasteiger partial charge in [0.05, 0.1) is 11.5 Å². The van der Waals surface area contributed by atoms with Crippen molar-refractivity contribution in [3.63, 3.8) is 0 Å². The molecule has 2 rings (SSSR count). The second-order valence-electron chi connectivity index (χ2n) is 6.32. The first kappa shape index (κ1) is 20.9. The molecule has 7 nitrogen and oxygen atoms in total. The highest BCUT2D eigenvalue weighted by Crippen LogP contribution is 2.27. The summed E-state index contributed by atoms with van der Waals surface area (Å²) < 4.78 is 5.59. The first-order valence-corrected chi connectivity index (χ1v) is 8.78. The van der Waals surface area contributed by atoms with Crippen molar-refractivity contribution in [2.45, 2.75) is 13.8 Å². The topological polar surface area (TPSA) is 105 Å². The lowest BCUT2D eigenvalue weighted by molar-refractivity contribution is -0.384. The number of nitrogens with zero attached hydrogens (tertiary/aromatic N) is 2. The van der Waals surface area contributed by atoms with E-state index in [-0.39, 0.29) is 22.0 Å². The zero-order valence-corrected chi connectivity index (χ0v) is 16.1. The quantitative estimate of drug-likeness (QED) is 0.310. The molecule has 2 aromatic carbocycles. The van der Waals surface area contributed by atoms with Gasteiger partial charge in [-0.2, -0.15) is 5.26 Å². The maximum atomic E-state index is 12.3. The molecule has 8 heteroatoms. The molecule has 0 atom stereocenters. The van der Waals surface area contributed by atoms with Crippen LogP contribution in [0.5, 0.6) is 5.75 Å². The third-order valence-electron chi connectivity index (χ3n) is 3.54. The fraction of sp³-hybridized carbons (Fsp3) is 0.200. The number of halogens is 1. The van der Waals surface area contributed by atoms with Crippen LogP contribution < -0.4 is 10.1 Å². The number of nitro groups is 1. The lowest BCUT2D eigenvalue weighted by atomic mass is 10.1. The van der Waals surface area contributed by atoms with Crippen LogP contribution in [0, 0.1) is 27.4 Å². The van der Waals surface area contributed by atoms with Gasteiger partial charge < -0.3 is 10.1 Å². The molecule has 0 fully saturated rings. The van der Waals surface area contributed by atoms with Gasteiger partial charge in [-0.15, -0.1) is 0 Å². The molecule has 2 aromatic rings. The summed E-state index contributed by atoms with van der Waals surface area (Å²) >= 11 is 5.75. The number of rotatable bonds is 7. The molecule has 1 amide bonds. The van der Waals surface area contributed by atoms with Crippen molar-refractivity contribution in [1.29, 1.82) is 5.26 Å². The van der Waals surface area contributed by atoms with Crippen LogP contribution in [-0.4, -0.2) is 17.4 Å². The number of nitriles is 1. The van der Waals surface area contributed by atoms with Gasteiger partial charge in [0, 0.05) is 11.8 Å². The van der Waals surface area contributed by atoms with Crippen molar-refractivity contribution >= 4 is 35.0 Å². The van der Waals surface area contributed by atoms with Gasteiger partial charge in [-0.25, -0.2) is 0 Å². The first-order chi connectivity index (χ1) is 13.3. The maximum Gasteiger partial charge on any atom is 0.289 e. The summed E-state index contributed by atoms with van der Waals surface area (Å²) in [5, 5.41) is 22.6. The number of carbonyl (C=O) groups excluding carboxylic acids is 1. The van der Waals surface area contributed by atoms with E-state index in [0.29, 0.717) is 23.8 Å². The van der Waals surface area contributed by atoms with Crippen molar-refractivity contribution < 1.29 is 14.5 Å². The number of hydrogen-bond donors (Lipinski definition) is 1. The molecule has 144 valence electrons. The van der Waals surface area contributed by atoms with Crippen LogP contribution >= 0.6 is 11.6 Å². The second-order valence-corrected chi connectivity index (χ2v) is 6.73. The molecule has 0 aromatic heterocycles. The van der Waals surface area contributed by atoms with Crippen LogP contribution in [0.2, 0.25) is 5.02 Å². The molecule has 0 spiro atoms. The van der Waals surface area contributed by atoms with Gasteiger partial charge in [0.2, 0.25) is 0 Å². The van der Waals surface area contributed by atoms with Crippen LogP contribution in [0.15, 0.2) is 48.0 Å². The zero-order valence-electron chi connectivity index (χ0n) is 15.3. The van der Waals surface area contributed by atoms with Crippen LogP contribution in [0.4, 0.5) is 11.4 Å². The summed E-state index contributed by atoms with van der Waals surface area (Å²) in [5.41, 5.74) is 0.331. The van der Waals surface area contributed by atoms with Crippen molar-refractivity contribution in [2.24, 2.45) is 5.92 Å². The molecular formula is C20H18ClN3O4. The smallest absolute Gasteiger partial charge is 0.289 e. The Morgan fingerprint density at radius 3 is 2.57 bits per heavy atom. The molecule has 0 heterocycles. The van der Waals surface area contributed by atoms with E-state index in [1.807, 2.05) is 19.9 Å². The number of nitrogens with one attached hydrogen (secondary N) is 1. The largest absolute Gasteiger partial charge is 0.493 e. The molecule has 0 aliphatic heterocycles. The molecular weight excluding hydrogens is 382 g/mol. The third-order valence-corrected chi connectivity index (χ3v) is 3.86. The van der Waals surface area contributed by atoms with E-state index in [9.17, 15) is 20.2 Å². The van der Waals surface area contributed by atoms with E-state index in [1.54, 1.807) is 24.3 Å². The van der Waals surface area contributed by atoms with Crippen molar-refractivity contribution in [3.8, 4) is 11.8 Å². The Labute approximate surface area is 167 Å². The van der Waals surface area contributed by atoms with Gasteiger partial charge in [0.25, 0.3) is 11.6 Å². The molecule has 0 saturated heterocycles. The predicted molar refractivity (Wildman–Crippen MR) is 107 cm³/mol. The van der Waals surface area contributed by atoms with E-state index < -0.39 is 10.8 Å². The molecule has 0 aliphatic carbocycles. The normalized spacial score (nSPS) is 11.0. The van der Waals surface area contributed by atoms with Crippen LogP contribution in [-0.2, 0) is 4.79 Å². The van der Waals surface area contributed by atoms with E-state index >= 15 is 0 Å². The van der Waals surface area contributed by atoms with Crippen LogP contribution in [0.3, 0.4) is 0 Å². The van der Waals surface area contributed by atoms with Gasteiger partial charge in [0.15, 0.2) is 0 Å². The molecule has 0 saturated carbocycles. The number of amides is 1. The van der Waals surface area contributed by atoms with E-state index in [2.05, 4.69) is 5.32 Å². The summed E-state index contributed by atoms with van der Waals surface area (Å²) in [6.07, 6.45) is 1.42. The lowest BCUT2D eigenvalue weighted by Gasteiger charge is -2.08. The van der Waals surface area contributed by atoms with Crippen molar-refractivity contribution in [2.75, 3.05) is 11.9 Å². The summed E-state index contributed by atoms with van der Waals surface area (Å²) in [4.78, 5) is 22.6. The Hall–Kier alpha value is -3.37. The zero-order chi connectivity index (χ0) is 20.7. The predicted octanol–water partition coefficient (Wildman–Crippen LogP) is 4.83. The number of carbonyl (C=O) groups is 1. The van der Waals surface area contributed by atoms with Crippen molar-refractivity contribution in [1.82, 2.24) is 0 Å². The highest BCUT2D eigenvalue weighted by molar-refractivity contribution is 6.32. The Bertz CT molecular complexity index is 947. The number of ether oxygens (including phenoxy) is 1. The van der Waals surface area contributed by atoms with Crippen molar-refractivity contribution in [3.05, 3.63) is 68.7 Å². The Kier molecular flexibility index (Phi) is 7.13. The summed E-state index contributed by atoms with van der Waals surface area (Å²) in [6.45, 7) is 4.68. The third kappa shape index (κ3) is 5.83. The number of nitro benzene ring substituents is 1. The Balaban J connectivity index is 2.14. The molecule has 28 heavy (non-hydrogen) atoms. The Morgan fingerprint density at radius 1 is 1.32 bits per heavy atom. The molecule has 0 unspecified atom stereocenters. The van der Waals surface area contributed by atoms with Gasteiger partial charge in [-0.3, -0.25) is 14.9 Å². The monoisotopic (exact) mass is 399 g/mol. The average Bonchev–Trinajstić information content (AvgIpc) is 2.66. The minimum atomic E-state index is -0.681. The van der Waals surface area contributed by atoms with Crippen LogP contribution in [0.1, 0.15) is 19.4 Å². The average molecular weight is 400 g/mol. The van der Waals surface area contributed by atoms with E-state index in [4.69, 9.17) is 16.3 Å².